The highest BCUT2D eigenvalue weighted by molar-refractivity contribution is 7.09. The maximum absolute atomic E-state index is 11.7. The van der Waals surface area contributed by atoms with Crippen LogP contribution in [0.2, 0.25) is 0 Å². The molecular formula is C13H15N3O4S. The lowest BCUT2D eigenvalue weighted by molar-refractivity contribution is 0.0691. The fourth-order valence-electron chi connectivity index (χ4n) is 1.65. The van der Waals surface area contributed by atoms with Gasteiger partial charge in [0.2, 0.25) is 0 Å². The number of urea groups is 1. The van der Waals surface area contributed by atoms with E-state index >= 15 is 0 Å². The van der Waals surface area contributed by atoms with Crippen molar-refractivity contribution >= 4 is 23.3 Å². The molecule has 21 heavy (non-hydrogen) atoms. The van der Waals surface area contributed by atoms with Crippen molar-refractivity contribution in [1.82, 2.24) is 15.6 Å². The SMILES string of the molecule is CC(NC(=O)NCCc1ccco1)c1nc(C(=O)O)cs1. The Morgan fingerprint density at radius 3 is 2.95 bits per heavy atom. The first-order valence-corrected chi connectivity index (χ1v) is 7.19. The van der Waals surface area contributed by atoms with Crippen LogP contribution in [0, 0.1) is 0 Å². The monoisotopic (exact) mass is 309 g/mol. The zero-order valence-corrected chi connectivity index (χ0v) is 12.1. The van der Waals surface area contributed by atoms with Gasteiger partial charge >= 0.3 is 12.0 Å². The molecule has 8 heteroatoms. The first kappa shape index (κ1) is 15.0. The molecule has 2 aromatic heterocycles. The summed E-state index contributed by atoms with van der Waals surface area (Å²) in [5, 5.41) is 16.2. The molecule has 0 aliphatic rings. The molecule has 0 bridgehead atoms. The van der Waals surface area contributed by atoms with Crippen molar-refractivity contribution < 1.29 is 19.1 Å². The second-order valence-electron chi connectivity index (χ2n) is 4.33. The van der Waals surface area contributed by atoms with E-state index < -0.39 is 5.97 Å². The highest BCUT2D eigenvalue weighted by atomic mass is 32.1. The predicted octanol–water partition coefficient (Wildman–Crippen LogP) is 2.04. The molecule has 1 unspecified atom stereocenters. The molecule has 0 aromatic carbocycles. The minimum absolute atomic E-state index is 0.0122. The summed E-state index contributed by atoms with van der Waals surface area (Å²) in [4.78, 5) is 26.4. The Labute approximate surface area is 125 Å². The van der Waals surface area contributed by atoms with Crippen LogP contribution in [0.1, 0.15) is 34.2 Å². The predicted molar refractivity (Wildman–Crippen MR) is 76.4 cm³/mol. The van der Waals surface area contributed by atoms with Crippen molar-refractivity contribution in [2.75, 3.05) is 6.54 Å². The molecule has 0 aliphatic carbocycles. The molecule has 2 amide bonds. The van der Waals surface area contributed by atoms with E-state index in [2.05, 4.69) is 15.6 Å². The van der Waals surface area contributed by atoms with Gasteiger partial charge in [0.1, 0.15) is 10.8 Å². The van der Waals surface area contributed by atoms with Crippen LogP contribution in [-0.2, 0) is 6.42 Å². The van der Waals surface area contributed by atoms with E-state index in [1.807, 2.05) is 6.07 Å². The van der Waals surface area contributed by atoms with E-state index in [0.717, 1.165) is 5.76 Å². The van der Waals surface area contributed by atoms with Gasteiger partial charge in [-0.1, -0.05) is 0 Å². The molecule has 3 N–H and O–H groups in total. The van der Waals surface area contributed by atoms with Gasteiger partial charge in [0.15, 0.2) is 5.69 Å². The number of nitrogens with one attached hydrogen (secondary N) is 2. The van der Waals surface area contributed by atoms with Crippen molar-refractivity contribution in [3.05, 3.63) is 40.2 Å². The van der Waals surface area contributed by atoms with E-state index in [0.29, 0.717) is 18.0 Å². The number of rotatable bonds is 6. The fourth-order valence-corrected chi connectivity index (χ4v) is 2.45. The minimum Gasteiger partial charge on any atom is -0.476 e. The third-order valence-electron chi connectivity index (χ3n) is 2.70. The smallest absolute Gasteiger partial charge is 0.355 e. The Bertz CT molecular complexity index is 609. The zero-order valence-electron chi connectivity index (χ0n) is 11.3. The number of carboxylic acids is 1. The van der Waals surface area contributed by atoms with E-state index in [9.17, 15) is 9.59 Å². The normalized spacial score (nSPS) is 11.9. The van der Waals surface area contributed by atoms with Crippen LogP contribution in [0.4, 0.5) is 4.79 Å². The van der Waals surface area contributed by atoms with Gasteiger partial charge in [-0.05, 0) is 19.1 Å². The first-order chi connectivity index (χ1) is 10.1. The van der Waals surface area contributed by atoms with Crippen molar-refractivity contribution in [2.45, 2.75) is 19.4 Å². The van der Waals surface area contributed by atoms with Crippen LogP contribution >= 0.6 is 11.3 Å². The second-order valence-corrected chi connectivity index (χ2v) is 5.22. The molecule has 7 nitrogen and oxygen atoms in total. The van der Waals surface area contributed by atoms with E-state index in [-0.39, 0.29) is 17.8 Å². The lowest BCUT2D eigenvalue weighted by atomic mass is 10.3. The van der Waals surface area contributed by atoms with E-state index in [1.165, 1.54) is 16.7 Å². The molecule has 0 saturated carbocycles. The van der Waals surface area contributed by atoms with E-state index in [1.54, 1.807) is 19.3 Å². The summed E-state index contributed by atoms with van der Waals surface area (Å²) in [7, 11) is 0. The van der Waals surface area contributed by atoms with Gasteiger partial charge in [-0.25, -0.2) is 14.6 Å². The lowest BCUT2D eigenvalue weighted by Gasteiger charge is -2.12. The van der Waals surface area contributed by atoms with Crippen molar-refractivity contribution in [3.8, 4) is 0 Å². The number of aromatic nitrogens is 1. The maximum Gasteiger partial charge on any atom is 0.355 e. The van der Waals surface area contributed by atoms with Crippen LogP contribution in [0.3, 0.4) is 0 Å². The Morgan fingerprint density at radius 2 is 2.33 bits per heavy atom. The molecule has 1 atom stereocenters. The molecule has 112 valence electrons. The number of nitrogens with zero attached hydrogens (tertiary/aromatic N) is 1. The minimum atomic E-state index is -1.08. The summed E-state index contributed by atoms with van der Waals surface area (Å²) in [5.74, 6) is -0.276. The standard InChI is InChI=1S/C13H15N3O4S/c1-8(11-16-10(7-21-11)12(17)18)15-13(19)14-5-4-9-3-2-6-20-9/h2-3,6-8H,4-5H2,1H3,(H,17,18)(H2,14,15,19). The quantitative estimate of drug-likeness (QED) is 0.757. The molecule has 0 fully saturated rings. The molecule has 2 heterocycles. The van der Waals surface area contributed by atoms with Crippen molar-refractivity contribution in [2.24, 2.45) is 0 Å². The van der Waals surface area contributed by atoms with Crippen molar-refractivity contribution in [1.29, 1.82) is 0 Å². The Kier molecular flexibility index (Phi) is 4.94. The van der Waals surface area contributed by atoms with Gasteiger partial charge in [0, 0.05) is 18.3 Å². The number of thiazole rings is 1. The first-order valence-electron chi connectivity index (χ1n) is 6.31. The van der Waals surface area contributed by atoms with Crippen LogP contribution in [-0.4, -0.2) is 28.6 Å². The summed E-state index contributed by atoms with van der Waals surface area (Å²) in [5.41, 5.74) is -0.0122. The fraction of sp³-hybridized carbons (Fsp3) is 0.308. The Balaban J connectivity index is 1.77. The van der Waals surface area contributed by atoms with Gasteiger partial charge in [-0.15, -0.1) is 11.3 Å². The molecule has 2 aromatic rings. The second kappa shape index (κ2) is 6.89. The average molecular weight is 309 g/mol. The maximum atomic E-state index is 11.7. The summed E-state index contributed by atoms with van der Waals surface area (Å²) < 4.78 is 5.16. The van der Waals surface area contributed by atoms with Gasteiger partial charge in [-0.2, -0.15) is 0 Å². The summed E-state index contributed by atoms with van der Waals surface area (Å²) in [6.07, 6.45) is 2.19. The van der Waals surface area contributed by atoms with Gasteiger partial charge in [-0.3, -0.25) is 0 Å². The molecule has 0 aliphatic heterocycles. The number of aromatic carboxylic acids is 1. The number of furan rings is 1. The number of hydrogen-bond donors (Lipinski definition) is 3. The van der Waals surface area contributed by atoms with E-state index in [4.69, 9.17) is 9.52 Å². The number of hydrogen-bond acceptors (Lipinski definition) is 5. The summed E-state index contributed by atoms with van der Waals surface area (Å²) in [6, 6.07) is 2.94. The third kappa shape index (κ3) is 4.32. The number of carbonyl (C=O) groups is 2. The Hall–Kier alpha value is -2.35. The average Bonchev–Trinajstić information content (AvgIpc) is 3.09. The van der Waals surface area contributed by atoms with Crippen LogP contribution in [0.5, 0.6) is 0 Å². The molecule has 0 spiro atoms. The zero-order chi connectivity index (χ0) is 15.2. The van der Waals surface area contributed by atoms with Crippen molar-refractivity contribution in [3.63, 3.8) is 0 Å². The van der Waals surface area contributed by atoms with Crippen LogP contribution < -0.4 is 10.6 Å². The lowest BCUT2D eigenvalue weighted by Crippen LogP contribution is -2.38. The molecule has 0 radical (unpaired) electrons. The highest BCUT2D eigenvalue weighted by Gasteiger charge is 2.15. The third-order valence-corrected chi connectivity index (χ3v) is 3.72. The van der Waals surface area contributed by atoms with Crippen LogP contribution in [0.15, 0.2) is 28.2 Å². The van der Waals surface area contributed by atoms with Gasteiger partial charge in [0.05, 0.1) is 12.3 Å². The highest BCUT2D eigenvalue weighted by Crippen LogP contribution is 2.17. The summed E-state index contributed by atoms with van der Waals surface area (Å²) >= 11 is 1.20. The van der Waals surface area contributed by atoms with Gasteiger partial charge in [0.25, 0.3) is 0 Å². The number of amides is 2. The molecular weight excluding hydrogens is 294 g/mol. The number of carbonyl (C=O) groups excluding carboxylic acids is 1. The topological polar surface area (TPSA) is 104 Å². The number of carboxylic acid groups (broad SMARTS) is 1. The molecule has 2 rings (SSSR count). The molecule has 0 saturated heterocycles. The largest absolute Gasteiger partial charge is 0.476 e. The van der Waals surface area contributed by atoms with Crippen LogP contribution in [0.25, 0.3) is 0 Å². The van der Waals surface area contributed by atoms with Gasteiger partial charge < -0.3 is 20.2 Å². The Morgan fingerprint density at radius 1 is 1.52 bits per heavy atom. The summed E-state index contributed by atoms with van der Waals surface area (Å²) in [6.45, 7) is 2.20.